The van der Waals surface area contributed by atoms with Crippen LogP contribution < -0.4 is 5.32 Å². The number of aryl methyl sites for hydroxylation is 3. The van der Waals surface area contributed by atoms with Crippen LogP contribution in [0.15, 0.2) is 29.3 Å². The third-order valence-corrected chi connectivity index (χ3v) is 5.08. The van der Waals surface area contributed by atoms with Crippen molar-refractivity contribution in [3.63, 3.8) is 0 Å². The molecule has 4 nitrogen and oxygen atoms in total. The SMILES string of the molecule is CCc1nc(CCNC(=NC)N(C)Cc2ccc(C)cc2)sc1C.I. The average Bonchev–Trinajstić information content (AvgIpc) is 2.93. The van der Waals surface area contributed by atoms with E-state index in [0.29, 0.717) is 0 Å². The molecule has 1 aromatic heterocycles. The van der Waals surface area contributed by atoms with Crippen LogP contribution >= 0.6 is 35.3 Å². The number of nitrogens with zero attached hydrogens (tertiary/aromatic N) is 3. The third kappa shape index (κ3) is 6.58. The van der Waals surface area contributed by atoms with Gasteiger partial charge in [-0.25, -0.2) is 4.98 Å². The Morgan fingerprint density at radius 1 is 1.24 bits per heavy atom. The highest BCUT2D eigenvalue weighted by Crippen LogP contribution is 2.18. The van der Waals surface area contributed by atoms with E-state index >= 15 is 0 Å². The molecule has 25 heavy (non-hydrogen) atoms. The van der Waals surface area contributed by atoms with Crippen molar-refractivity contribution in [2.45, 2.75) is 40.2 Å². The van der Waals surface area contributed by atoms with Crippen molar-refractivity contribution in [3.05, 3.63) is 51.0 Å². The zero-order valence-electron chi connectivity index (χ0n) is 15.8. The number of benzene rings is 1. The van der Waals surface area contributed by atoms with Crippen molar-refractivity contribution in [2.75, 3.05) is 20.6 Å². The van der Waals surface area contributed by atoms with Gasteiger partial charge in [-0.15, -0.1) is 35.3 Å². The monoisotopic (exact) mass is 472 g/mol. The van der Waals surface area contributed by atoms with Gasteiger partial charge in [0.25, 0.3) is 0 Å². The standard InChI is InChI=1S/C19H28N4S.HI/c1-6-17-15(3)24-18(22-17)11-12-21-19(20-4)23(5)13-16-9-7-14(2)8-10-16;/h7-10H,6,11-13H2,1-5H3,(H,20,21);1H. The van der Waals surface area contributed by atoms with Gasteiger partial charge in [0.15, 0.2) is 5.96 Å². The lowest BCUT2D eigenvalue weighted by Crippen LogP contribution is -2.39. The fourth-order valence-corrected chi connectivity index (χ4v) is 3.65. The minimum Gasteiger partial charge on any atom is -0.356 e. The minimum atomic E-state index is 0. The summed E-state index contributed by atoms with van der Waals surface area (Å²) in [6.45, 7) is 8.11. The number of halogens is 1. The third-order valence-electron chi connectivity index (χ3n) is 4.01. The molecule has 0 aliphatic rings. The molecule has 2 aromatic rings. The molecule has 0 fully saturated rings. The number of thiazole rings is 1. The first-order chi connectivity index (χ1) is 11.5. The molecule has 0 saturated carbocycles. The van der Waals surface area contributed by atoms with Gasteiger partial charge >= 0.3 is 0 Å². The van der Waals surface area contributed by atoms with Crippen molar-refractivity contribution >= 4 is 41.3 Å². The van der Waals surface area contributed by atoms with Crippen LogP contribution in [0, 0.1) is 13.8 Å². The van der Waals surface area contributed by atoms with Crippen LogP contribution in [0.5, 0.6) is 0 Å². The normalized spacial score (nSPS) is 11.2. The molecule has 0 unspecified atom stereocenters. The second kappa shape index (κ2) is 10.8. The molecule has 6 heteroatoms. The van der Waals surface area contributed by atoms with Crippen LogP contribution in [-0.4, -0.2) is 36.5 Å². The Morgan fingerprint density at radius 2 is 1.92 bits per heavy atom. The van der Waals surface area contributed by atoms with E-state index in [1.807, 2.05) is 7.05 Å². The zero-order chi connectivity index (χ0) is 17.5. The Kier molecular flexibility index (Phi) is 9.42. The van der Waals surface area contributed by atoms with Gasteiger partial charge in [0, 0.05) is 38.5 Å². The number of hydrogen-bond donors (Lipinski definition) is 1. The quantitative estimate of drug-likeness (QED) is 0.390. The number of rotatable bonds is 6. The van der Waals surface area contributed by atoms with Crippen molar-refractivity contribution in [3.8, 4) is 0 Å². The summed E-state index contributed by atoms with van der Waals surface area (Å²) in [5.74, 6) is 0.916. The van der Waals surface area contributed by atoms with Gasteiger partial charge in [0.2, 0.25) is 0 Å². The van der Waals surface area contributed by atoms with Crippen molar-refractivity contribution in [2.24, 2.45) is 4.99 Å². The second-order valence-electron chi connectivity index (χ2n) is 6.03. The molecular formula is C19H29IN4S. The highest BCUT2D eigenvalue weighted by atomic mass is 127. The zero-order valence-corrected chi connectivity index (χ0v) is 18.9. The second-order valence-corrected chi connectivity index (χ2v) is 7.32. The summed E-state index contributed by atoms with van der Waals surface area (Å²) >= 11 is 1.81. The molecule has 1 aromatic carbocycles. The molecule has 2 rings (SSSR count). The maximum Gasteiger partial charge on any atom is 0.193 e. The van der Waals surface area contributed by atoms with E-state index in [1.54, 1.807) is 11.3 Å². The Balaban J connectivity index is 0.00000312. The summed E-state index contributed by atoms with van der Waals surface area (Å²) in [4.78, 5) is 12.6. The molecule has 1 heterocycles. The van der Waals surface area contributed by atoms with E-state index in [4.69, 9.17) is 4.98 Å². The van der Waals surface area contributed by atoms with Gasteiger partial charge in [-0.1, -0.05) is 36.8 Å². The molecule has 0 aliphatic heterocycles. The van der Waals surface area contributed by atoms with E-state index in [2.05, 4.69) is 67.3 Å². The highest BCUT2D eigenvalue weighted by Gasteiger charge is 2.08. The largest absolute Gasteiger partial charge is 0.356 e. The smallest absolute Gasteiger partial charge is 0.193 e. The van der Waals surface area contributed by atoms with Gasteiger partial charge in [0.05, 0.1) is 10.7 Å². The lowest BCUT2D eigenvalue weighted by molar-refractivity contribution is 0.477. The maximum absolute atomic E-state index is 4.70. The van der Waals surface area contributed by atoms with Crippen molar-refractivity contribution in [1.29, 1.82) is 0 Å². The summed E-state index contributed by atoms with van der Waals surface area (Å²) in [6, 6.07) is 8.64. The van der Waals surface area contributed by atoms with E-state index in [9.17, 15) is 0 Å². The van der Waals surface area contributed by atoms with Gasteiger partial charge in [0.1, 0.15) is 0 Å². The summed E-state index contributed by atoms with van der Waals surface area (Å²) in [5.41, 5.74) is 3.80. The number of nitrogens with one attached hydrogen (secondary N) is 1. The first kappa shape index (κ1) is 21.9. The van der Waals surface area contributed by atoms with Crippen LogP contribution in [0.3, 0.4) is 0 Å². The summed E-state index contributed by atoms with van der Waals surface area (Å²) in [6.07, 6.45) is 1.94. The summed E-state index contributed by atoms with van der Waals surface area (Å²) < 4.78 is 0. The molecule has 0 radical (unpaired) electrons. The molecule has 0 atom stereocenters. The fraction of sp³-hybridized carbons (Fsp3) is 0.474. The lowest BCUT2D eigenvalue weighted by atomic mass is 10.1. The maximum atomic E-state index is 4.70. The van der Waals surface area contributed by atoms with Crippen molar-refractivity contribution in [1.82, 2.24) is 15.2 Å². The predicted octanol–water partition coefficient (Wildman–Crippen LogP) is 4.19. The van der Waals surface area contributed by atoms with Crippen molar-refractivity contribution < 1.29 is 0 Å². The molecule has 138 valence electrons. The van der Waals surface area contributed by atoms with Gasteiger partial charge in [-0.05, 0) is 25.8 Å². The van der Waals surface area contributed by atoms with E-state index in [0.717, 1.165) is 31.9 Å². The molecule has 0 spiro atoms. The van der Waals surface area contributed by atoms with Gasteiger partial charge < -0.3 is 10.2 Å². The highest BCUT2D eigenvalue weighted by molar-refractivity contribution is 14.0. The molecular weight excluding hydrogens is 443 g/mol. The molecule has 1 N–H and O–H groups in total. The number of aromatic nitrogens is 1. The summed E-state index contributed by atoms with van der Waals surface area (Å²) in [7, 11) is 3.90. The van der Waals surface area contributed by atoms with E-state index < -0.39 is 0 Å². The van der Waals surface area contributed by atoms with Crippen LogP contribution in [-0.2, 0) is 19.4 Å². The predicted molar refractivity (Wildman–Crippen MR) is 119 cm³/mol. The van der Waals surface area contributed by atoms with Crippen LogP contribution in [0.4, 0.5) is 0 Å². The average molecular weight is 472 g/mol. The number of aliphatic imine (C=N–C) groups is 1. The Hall–Kier alpha value is -1.15. The van der Waals surface area contributed by atoms with E-state index in [1.165, 1.54) is 26.7 Å². The topological polar surface area (TPSA) is 40.5 Å². The minimum absolute atomic E-state index is 0. The van der Waals surface area contributed by atoms with E-state index in [-0.39, 0.29) is 24.0 Å². The lowest BCUT2D eigenvalue weighted by Gasteiger charge is -2.22. The summed E-state index contributed by atoms with van der Waals surface area (Å²) in [5, 5.41) is 4.64. The molecule has 0 amide bonds. The Labute approximate surface area is 172 Å². The van der Waals surface area contributed by atoms with Crippen LogP contribution in [0.25, 0.3) is 0 Å². The number of guanidine groups is 1. The number of hydrogen-bond acceptors (Lipinski definition) is 3. The first-order valence-electron chi connectivity index (χ1n) is 8.46. The van der Waals surface area contributed by atoms with Crippen LogP contribution in [0.1, 0.15) is 33.6 Å². The molecule has 0 aliphatic carbocycles. The molecule has 0 saturated heterocycles. The Morgan fingerprint density at radius 3 is 2.48 bits per heavy atom. The van der Waals surface area contributed by atoms with Crippen LogP contribution in [0.2, 0.25) is 0 Å². The fourth-order valence-electron chi connectivity index (χ4n) is 2.63. The molecule has 0 bridgehead atoms. The first-order valence-corrected chi connectivity index (χ1v) is 9.27. The van der Waals surface area contributed by atoms with Gasteiger partial charge in [-0.3, -0.25) is 4.99 Å². The van der Waals surface area contributed by atoms with Gasteiger partial charge in [-0.2, -0.15) is 0 Å². The Bertz CT molecular complexity index is 679.